The fourth-order valence-electron chi connectivity index (χ4n) is 2.54. The minimum absolute atomic E-state index is 0.0169. The predicted octanol–water partition coefficient (Wildman–Crippen LogP) is 1.04. The number of hydrogen-bond acceptors (Lipinski definition) is 4. The first kappa shape index (κ1) is 15.9. The molecule has 2 atom stereocenters. The summed E-state index contributed by atoms with van der Waals surface area (Å²) in [7, 11) is 1.52. The van der Waals surface area contributed by atoms with Gasteiger partial charge in [0.2, 0.25) is 5.91 Å². The summed E-state index contributed by atoms with van der Waals surface area (Å²) in [6, 6.07) is 10.4. The summed E-state index contributed by atoms with van der Waals surface area (Å²) in [5.74, 6) is -0.103. The highest BCUT2D eigenvalue weighted by Gasteiger charge is 2.26. The second kappa shape index (κ2) is 8.12. The SMILES string of the molecule is COCC(=O)N[C@H](C)[C@@H]1CN(Cc2ccccc2)CCO1. The Kier molecular flexibility index (Phi) is 6.17. The molecule has 1 aromatic carbocycles. The normalized spacial score (nSPS) is 21.0. The van der Waals surface area contributed by atoms with Gasteiger partial charge in [-0.15, -0.1) is 0 Å². The fraction of sp³-hybridized carbons (Fsp3) is 0.562. The molecule has 5 heteroatoms. The Morgan fingerprint density at radius 3 is 2.95 bits per heavy atom. The molecule has 1 saturated heterocycles. The van der Waals surface area contributed by atoms with Crippen LogP contribution in [0.2, 0.25) is 0 Å². The zero-order valence-electron chi connectivity index (χ0n) is 12.7. The molecule has 1 N–H and O–H groups in total. The van der Waals surface area contributed by atoms with E-state index in [-0.39, 0.29) is 24.7 Å². The molecule has 1 amide bonds. The van der Waals surface area contributed by atoms with Crippen molar-refractivity contribution in [1.82, 2.24) is 10.2 Å². The van der Waals surface area contributed by atoms with E-state index < -0.39 is 0 Å². The lowest BCUT2D eigenvalue weighted by molar-refractivity contribution is -0.127. The molecule has 1 heterocycles. The summed E-state index contributed by atoms with van der Waals surface area (Å²) < 4.78 is 10.6. The average molecular weight is 292 g/mol. The first-order chi connectivity index (χ1) is 10.2. The minimum Gasteiger partial charge on any atom is -0.375 e. The number of morpholine rings is 1. The van der Waals surface area contributed by atoms with Gasteiger partial charge in [0.25, 0.3) is 0 Å². The number of nitrogens with one attached hydrogen (secondary N) is 1. The van der Waals surface area contributed by atoms with Gasteiger partial charge in [0.1, 0.15) is 6.61 Å². The molecule has 116 valence electrons. The van der Waals surface area contributed by atoms with Gasteiger partial charge >= 0.3 is 0 Å². The molecule has 2 rings (SSSR count). The Bertz CT molecular complexity index is 438. The van der Waals surface area contributed by atoms with Crippen LogP contribution < -0.4 is 5.32 Å². The Morgan fingerprint density at radius 1 is 1.48 bits per heavy atom. The molecule has 0 aliphatic carbocycles. The summed E-state index contributed by atoms with van der Waals surface area (Å²) >= 11 is 0. The van der Waals surface area contributed by atoms with Crippen molar-refractivity contribution in [2.45, 2.75) is 25.6 Å². The first-order valence-electron chi connectivity index (χ1n) is 7.35. The Balaban J connectivity index is 1.84. The summed E-state index contributed by atoms with van der Waals surface area (Å²) in [6.07, 6.45) is 0.0169. The van der Waals surface area contributed by atoms with Gasteiger partial charge in [-0.2, -0.15) is 0 Å². The third-order valence-electron chi connectivity index (χ3n) is 3.65. The highest BCUT2D eigenvalue weighted by atomic mass is 16.5. The van der Waals surface area contributed by atoms with E-state index in [9.17, 15) is 4.79 Å². The van der Waals surface area contributed by atoms with E-state index in [2.05, 4.69) is 34.5 Å². The van der Waals surface area contributed by atoms with Gasteiger partial charge < -0.3 is 14.8 Å². The number of ether oxygens (including phenoxy) is 2. The van der Waals surface area contributed by atoms with Crippen LogP contribution in [0.4, 0.5) is 0 Å². The third-order valence-corrected chi connectivity index (χ3v) is 3.65. The van der Waals surface area contributed by atoms with Crippen LogP contribution >= 0.6 is 0 Å². The third kappa shape index (κ3) is 5.12. The second-order valence-corrected chi connectivity index (χ2v) is 5.42. The fourth-order valence-corrected chi connectivity index (χ4v) is 2.54. The standard InChI is InChI=1S/C16H24N2O3/c1-13(17-16(19)12-20-2)15-11-18(8-9-21-15)10-14-6-4-3-5-7-14/h3-7,13,15H,8-12H2,1-2H3,(H,17,19)/t13-,15+/m1/s1. The predicted molar refractivity (Wildman–Crippen MR) is 80.9 cm³/mol. The zero-order chi connectivity index (χ0) is 15.1. The number of carbonyl (C=O) groups excluding carboxylic acids is 1. The van der Waals surface area contributed by atoms with Crippen LogP contribution in [0.1, 0.15) is 12.5 Å². The van der Waals surface area contributed by atoms with E-state index >= 15 is 0 Å². The highest BCUT2D eigenvalue weighted by molar-refractivity contribution is 5.77. The summed E-state index contributed by atoms with van der Waals surface area (Å²) in [5.41, 5.74) is 1.30. The van der Waals surface area contributed by atoms with Crippen LogP contribution in [0.15, 0.2) is 30.3 Å². The molecule has 0 spiro atoms. The van der Waals surface area contributed by atoms with Crippen LogP contribution in [0, 0.1) is 0 Å². The molecular formula is C16H24N2O3. The maximum absolute atomic E-state index is 11.6. The van der Waals surface area contributed by atoms with Gasteiger partial charge in [-0.25, -0.2) is 0 Å². The van der Waals surface area contributed by atoms with Gasteiger partial charge in [0, 0.05) is 26.7 Å². The van der Waals surface area contributed by atoms with Crippen LogP contribution in [-0.2, 0) is 20.8 Å². The van der Waals surface area contributed by atoms with Crippen LogP contribution in [0.3, 0.4) is 0 Å². The van der Waals surface area contributed by atoms with E-state index in [0.29, 0.717) is 6.61 Å². The average Bonchev–Trinajstić information content (AvgIpc) is 2.49. The maximum Gasteiger partial charge on any atom is 0.246 e. The largest absolute Gasteiger partial charge is 0.375 e. The number of carbonyl (C=O) groups is 1. The Hall–Kier alpha value is -1.43. The molecule has 1 aromatic rings. The number of rotatable bonds is 6. The number of methoxy groups -OCH3 is 1. The lowest BCUT2D eigenvalue weighted by Gasteiger charge is -2.36. The van der Waals surface area contributed by atoms with Crippen LogP contribution in [-0.4, -0.2) is 56.4 Å². The van der Waals surface area contributed by atoms with E-state index in [4.69, 9.17) is 9.47 Å². The van der Waals surface area contributed by atoms with Crippen LogP contribution in [0.5, 0.6) is 0 Å². The summed E-state index contributed by atoms with van der Waals surface area (Å²) in [4.78, 5) is 13.9. The quantitative estimate of drug-likeness (QED) is 0.851. The van der Waals surface area contributed by atoms with E-state index in [1.54, 1.807) is 0 Å². The van der Waals surface area contributed by atoms with Gasteiger partial charge in [0.15, 0.2) is 0 Å². The molecule has 5 nitrogen and oxygen atoms in total. The molecule has 1 aliphatic rings. The Labute approximate surface area is 126 Å². The zero-order valence-corrected chi connectivity index (χ0v) is 12.7. The van der Waals surface area contributed by atoms with Gasteiger partial charge in [-0.3, -0.25) is 9.69 Å². The number of benzene rings is 1. The van der Waals surface area contributed by atoms with Crippen molar-refractivity contribution in [3.05, 3.63) is 35.9 Å². The number of nitrogens with zero attached hydrogens (tertiary/aromatic N) is 1. The number of hydrogen-bond donors (Lipinski definition) is 1. The summed E-state index contributed by atoms with van der Waals surface area (Å²) in [6.45, 7) is 5.42. The molecule has 0 unspecified atom stereocenters. The van der Waals surface area contributed by atoms with Crippen molar-refractivity contribution in [1.29, 1.82) is 0 Å². The lowest BCUT2D eigenvalue weighted by atomic mass is 10.1. The minimum atomic E-state index is -0.103. The molecule has 0 radical (unpaired) electrons. The van der Waals surface area contributed by atoms with Crippen LogP contribution in [0.25, 0.3) is 0 Å². The van der Waals surface area contributed by atoms with Crippen molar-refractivity contribution in [3.63, 3.8) is 0 Å². The number of amides is 1. The van der Waals surface area contributed by atoms with Crippen molar-refractivity contribution in [2.75, 3.05) is 33.4 Å². The molecule has 1 aliphatic heterocycles. The van der Waals surface area contributed by atoms with Gasteiger partial charge in [-0.1, -0.05) is 30.3 Å². The van der Waals surface area contributed by atoms with Crippen molar-refractivity contribution in [3.8, 4) is 0 Å². The summed E-state index contributed by atoms with van der Waals surface area (Å²) in [5, 5.41) is 2.92. The first-order valence-corrected chi connectivity index (χ1v) is 7.35. The van der Waals surface area contributed by atoms with E-state index in [1.165, 1.54) is 12.7 Å². The molecular weight excluding hydrogens is 268 g/mol. The van der Waals surface area contributed by atoms with E-state index in [1.807, 2.05) is 13.0 Å². The molecule has 1 fully saturated rings. The Morgan fingerprint density at radius 2 is 2.24 bits per heavy atom. The van der Waals surface area contributed by atoms with Gasteiger partial charge in [-0.05, 0) is 12.5 Å². The van der Waals surface area contributed by atoms with Crippen molar-refractivity contribution < 1.29 is 14.3 Å². The molecule has 21 heavy (non-hydrogen) atoms. The maximum atomic E-state index is 11.6. The topological polar surface area (TPSA) is 50.8 Å². The van der Waals surface area contributed by atoms with Crippen molar-refractivity contribution in [2.24, 2.45) is 0 Å². The monoisotopic (exact) mass is 292 g/mol. The molecule has 0 bridgehead atoms. The van der Waals surface area contributed by atoms with Crippen molar-refractivity contribution >= 4 is 5.91 Å². The van der Waals surface area contributed by atoms with Gasteiger partial charge in [0.05, 0.1) is 18.8 Å². The smallest absolute Gasteiger partial charge is 0.246 e. The molecule has 0 saturated carbocycles. The molecule has 0 aromatic heterocycles. The highest BCUT2D eigenvalue weighted by Crippen LogP contribution is 2.12. The lowest BCUT2D eigenvalue weighted by Crippen LogP contribution is -2.52. The van der Waals surface area contributed by atoms with E-state index in [0.717, 1.165) is 19.6 Å². The second-order valence-electron chi connectivity index (χ2n) is 5.42.